The van der Waals surface area contributed by atoms with E-state index in [9.17, 15) is 14.9 Å². The maximum absolute atomic E-state index is 13.3. The van der Waals surface area contributed by atoms with Gasteiger partial charge in [-0.15, -0.1) is 0 Å². The van der Waals surface area contributed by atoms with Crippen molar-refractivity contribution in [2.24, 2.45) is 10.7 Å². The fraction of sp³-hybridized carbons (Fsp3) is 0.588. The highest BCUT2D eigenvalue weighted by Crippen LogP contribution is 2.36. The number of anilines is 1. The first-order chi connectivity index (χ1) is 11.6. The van der Waals surface area contributed by atoms with E-state index in [1.165, 1.54) is 17.3 Å². The number of nitriles is 1. The van der Waals surface area contributed by atoms with Crippen LogP contribution >= 0.6 is 0 Å². The SMILES string of the molecule is CC1(C)CCC(N=C(N)N(C#N)c2ccnc(F)c2)CC(C)(C)N1O. The second kappa shape index (κ2) is 6.94. The summed E-state index contributed by atoms with van der Waals surface area (Å²) < 4.78 is 13.3. The number of nitrogens with two attached hydrogens (primary N) is 1. The predicted molar refractivity (Wildman–Crippen MR) is 93.3 cm³/mol. The number of pyridine rings is 1. The summed E-state index contributed by atoms with van der Waals surface area (Å²) in [5, 5.41) is 21.3. The second-order valence-electron chi connectivity index (χ2n) is 7.59. The lowest BCUT2D eigenvalue weighted by molar-refractivity contribution is -0.221. The molecule has 8 heteroatoms. The number of aliphatic imine (C=N–C) groups is 1. The van der Waals surface area contributed by atoms with Crippen LogP contribution in [0.3, 0.4) is 0 Å². The quantitative estimate of drug-likeness (QED) is 0.280. The maximum Gasteiger partial charge on any atom is 0.214 e. The standard InChI is InChI=1S/C17H25FN6O/c1-16(2)7-5-12(10-17(3,4)24(16)25)22-15(20)23(11-19)13-6-8-21-14(18)9-13/h6,8-9,12,25H,5,7,10H2,1-4H3,(H2,20,22). The molecule has 1 aliphatic rings. The fourth-order valence-corrected chi connectivity index (χ4v) is 3.34. The fourth-order valence-electron chi connectivity index (χ4n) is 3.34. The highest BCUT2D eigenvalue weighted by Gasteiger charge is 2.42. The molecule has 1 aromatic rings. The van der Waals surface area contributed by atoms with Crippen LogP contribution in [0.4, 0.5) is 10.1 Å². The van der Waals surface area contributed by atoms with Gasteiger partial charge in [0.2, 0.25) is 11.9 Å². The van der Waals surface area contributed by atoms with E-state index >= 15 is 0 Å². The van der Waals surface area contributed by atoms with Gasteiger partial charge in [0, 0.05) is 23.3 Å². The van der Waals surface area contributed by atoms with Gasteiger partial charge in [-0.05, 0) is 53.0 Å². The van der Waals surface area contributed by atoms with Crippen molar-refractivity contribution in [2.75, 3.05) is 4.90 Å². The predicted octanol–water partition coefficient (Wildman–Crippen LogP) is 2.62. The topological polar surface area (TPSA) is 102 Å². The third-order valence-corrected chi connectivity index (χ3v) is 4.58. The van der Waals surface area contributed by atoms with Gasteiger partial charge in [0.25, 0.3) is 0 Å². The van der Waals surface area contributed by atoms with Crippen molar-refractivity contribution >= 4 is 11.6 Å². The average molecular weight is 348 g/mol. The summed E-state index contributed by atoms with van der Waals surface area (Å²) in [6.07, 6.45) is 5.22. The zero-order chi connectivity index (χ0) is 18.8. The van der Waals surface area contributed by atoms with Crippen LogP contribution in [0.1, 0.15) is 47.0 Å². The normalized spacial score (nSPS) is 23.6. The largest absolute Gasteiger partial charge is 0.369 e. The third kappa shape index (κ3) is 4.24. The molecule has 1 atom stereocenters. The van der Waals surface area contributed by atoms with Crippen LogP contribution in [0.15, 0.2) is 23.3 Å². The van der Waals surface area contributed by atoms with Gasteiger partial charge in [0.1, 0.15) is 0 Å². The van der Waals surface area contributed by atoms with Crippen LogP contribution in [-0.4, -0.2) is 38.3 Å². The molecule has 1 aromatic heterocycles. The molecule has 2 rings (SSSR count). The number of rotatable bonds is 2. The van der Waals surface area contributed by atoms with Crippen molar-refractivity contribution in [3.63, 3.8) is 0 Å². The molecule has 0 spiro atoms. The van der Waals surface area contributed by atoms with Gasteiger partial charge in [-0.25, -0.2) is 14.9 Å². The molecule has 0 saturated carbocycles. The number of nitrogens with zero attached hydrogens (tertiary/aromatic N) is 5. The zero-order valence-electron chi connectivity index (χ0n) is 15.1. The molecule has 136 valence electrons. The molecule has 1 fully saturated rings. The monoisotopic (exact) mass is 348 g/mol. The molecule has 25 heavy (non-hydrogen) atoms. The van der Waals surface area contributed by atoms with E-state index in [0.717, 1.165) is 23.8 Å². The van der Waals surface area contributed by atoms with Gasteiger partial charge < -0.3 is 10.9 Å². The van der Waals surface area contributed by atoms with E-state index in [0.29, 0.717) is 6.42 Å². The number of aromatic nitrogens is 1. The van der Waals surface area contributed by atoms with Crippen LogP contribution in [0, 0.1) is 17.4 Å². The van der Waals surface area contributed by atoms with Crippen LogP contribution in [0.25, 0.3) is 0 Å². The summed E-state index contributed by atoms with van der Waals surface area (Å²) in [6.45, 7) is 7.84. The summed E-state index contributed by atoms with van der Waals surface area (Å²) in [5.74, 6) is -0.697. The van der Waals surface area contributed by atoms with E-state index in [1.54, 1.807) is 0 Å². The summed E-state index contributed by atoms with van der Waals surface area (Å²) >= 11 is 0. The van der Waals surface area contributed by atoms with E-state index in [2.05, 4.69) is 9.98 Å². The lowest BCUT2D eigenvalue weighted by atomic mass is 9.94. The van der Waals surface area contributed by atoms with Crippen molar-refractivity contribution in [1.82, 2.24) is 10.0 Å². The Kier molecular flexibility index (Phi) is 5.30. The van der Waals surface area contributed by atoms with E-state index in [-0.39, 0.29) is 23.2 Å². The Morgan fingerprint density at radius 1 is 1.48 bits per heavy atom. The molecule has 1 unspecified atom stereocenters. The number of hydroxylamine groups is 2. The maximum atomic E-state index is 13.3. The summed E-state index contributed by atoms with van der Waals surface area (Å²) in [5.41, 5.74) is 5.41. The minimum absolute atomic E-state index is 0.00176. The van der Waals surface area contributed by atoms with Crippen LogP contribution in [0.5, 0.6) is 0 Å². The van der Waals surface area contributed by atoms with Crippen molar-refractivity contribution in [1.29, 1.82) is 5.26 Å². The Hall–Kier alpha value is -2.24. The Morgan fingerprint density at radius 2 is 2.16 bits per heavy atom. The minimum Gasteiger partial charge on any atom is -0.369 e. The van der Waals surface area contributed by atoms with Crippen LogP contribution < -0.4 is 10.6 Å². The molecule has 7 nitrogen and oxygen atoms in total. The van der Waals surface area contributed by atoms with Crippen molar-refractivity contribution in [3.05, 3.63) is 24.3 Å². The molecule has 2 heterocycles. The molecular weight excluding hydrogens is 323 g/mol. The van der Waals surface area contributed by atoms with Gasteiger partial charge in [0.15, 0.2) is 6.19 Å². The number of halogens is 1. The molecule has 1 saturated heterocycles. The number of guanidine groups is 1. The molecular formula is C17H25FN6O. The zero-order valence-corrected chi connectivity index (χ0v) is 15.1. The highest BCUT2D eigenvalue weighted by atomic mass is 19.1. The molecule has 0 aliphatic carbocycles. The van der Waals surface area contributed by atoms with Gasteiger partial charge in [0.05, 0.1) is 11.7 Å². The summed E-state index contributed by atoms with van der Waals surface area (Å²) in [7, 11) is 0. The Bertz CT molecular complexity index is 697. The lowest BCUT2D eigenvalue weighted by Crippen LogP contribution is -2.52. The van der Waals surface area contributed by atoms with Crippen molar-refractivity contribution in [3.8, 4) is 6.19 Å². The molecule has 0 aromatic carbocycles. The molecule has 0 amide bonds. The first-order valence-corrected chi connectivity index (χ1v) is 8.21. The Balaban J connectivity index is 2.27. The van der Waals surface area contributed by atoms with Gasteiger partial charge in [-0.3, -0.25) is 0 Å². The first kappa shape index (κ1) is 19.1. The van der Waals surface area contributed by atoms with Crippen molar-refractivity contribution in [2.45, 2.75) is 64.1 Å². The van der Waals surface area contributed by atoms with Crippen LogP contribution in [-0.2, 0) is 0 Å². The number of hydrogen-bond acceptors (Lipinski definition) is 5. The van der Waals surface area contributed by atoms with E-state index in [1.807, 2.05) is 33.9 Å². The summed E-state index contributed by atoms with van der Waals surface area (Å²) in [6, 6.07) is 2.46. The third-order valence-electron chi connectivity index (χ3n) is 4.58. The van der Waals surface area contributed by atoms with E-state index in [4.69, 9.17) is 5.73 Å². The van der Waals surface area contributed by atoms with Gasteiger partial charge in [-0.1, -0.05) is 0 Å². The molecule has 0 bridgehead atoms. The molecule has 1 aliphatic heterocycles. The first-order valence-electron chi connectivity index (χ1n) is 8.21. The van der Waals surface area contributed by atoms with E-state index < -0.39 is 11.5 Å². The number of hydrogen-bond donors (Lipinski definition) is 2. The van der Waals surface area contributed by atoms with Crippen LogP contribution in [0.2, 0.25) is 0 Å². The lowest BCUT2D eigenvalue weighted by Gasteiger charge is -2.42. The Labute approximate surface area is 147 Å². The average Bonchev–Trinajstić information content (AvgIpc) is 2.59. The minimum atomic E-state index is -0.696. The van der Waals surface area contributed by atoms with Gasteiger partial charge >= 0.3 is 0 Å². The second-order valence-corrected chi connectivity index (χ2v) is 7.59. The Morgan fingerprint density at radius 3 is 2.76 bits per heavy atom. The highest BCUT2D eigenvalue weighted by molar-refractivity contribution is 5.97. The van der Waals surface area contributed by atoms with Gasteiger partial charge in [-0.2, -0.15) is 14.7 Å². The van der Waals surface area contributed by atoms with Crippen molar-refractivity contribution < 1.29 is 9.60 Å². The smallest absolute Gasteiger partial charge is 0.214 e. The molecule has 3 N–H and O–H groups in total. The summed E-state index contributed by atoms with van der Waals surface area (Å²) in [4.78, 5) is 9.03. The molecule has 0 radical (unpaired) electrons.